The van der Waals surface area contributed by atoms with Crippen LogP contribution in [0.5, 0.6) is 11.5 Å². The molecule has 1 fully saturated rings. The van der Waals surface area contributed by atoms with Crippen LogP contribution in [-0.2, 0) is 11.2 Å². The van der Waals surface area contributed by atoms with E-state index in [4.69, 9.17) is 9.47 Å². The van der Waals surface area contributed by atoms with Crippen molar-refractivity contribution >= 4 is 29.9 Å². The number of halogens is 1. The van der Waals surface area contributed by atoms with Gasteiger partial charge in [-0.2, -0.15) is 0 Å². The molecule has 1 aliphatic rings. The van der Waals surface area contributed by atoms with Gasteiger partial charge in [0.25, 0.3) is 0 Å². The van der Waals surface area contributed by atoms with Crippen molar-refractivity contribution in [2.45, 2.75) is 32.6 Å². The number of aliphatic imine (C=N–C) groups is 1. The van der Waals surface area contributed by atoms with E-state index in [-0.39, 0.29) is 29.7 Å². The van der Waals surface area contributed by atoms with Gasteiger partial charge in [0.05, 0.1) is 7.11 Å². The maximum Gasteiger partial charge on any atom is 0.191 e. The summed E-state index contributed by atoms with van der Waals surface area (Å²) in [6.45, 7) is 6.10. The summed E-state index contributed by atoms with van der Waals surface area (Å²) in [6.07, 6.45) is 4.43. The van der Waals surface area contributed by atoms with Crippen LogP contribution in [0.15, 0.2) is 23.2 Å². The van der Waals surface area contributed by atoms with Crippen LogP contribution in [-0.4, -0.2) is 51.0 Å². The van der Waals surface area contributed by atoms with E-state index in [1.807, 2.05) is 12.1 Å². The number of hydrogen-bond acceptors (Lipinski definition) is 4. The molecule has 0 amide bonds. The molecule has 0 radical (unpaired) electrons. The first kappa shape index (κ1) is 22.8. The van der Waals surface area contributed by atoms with Gasteiger partial charge in [0.2, 0.25) is 0 Å². The molecule has 26 heavy (non-hydrogen) atoms. The SMILES string of the molecule is CCNC(=NCCCOCC1CC1)NCCc1ccc(O)c(OC)c1.I. The zero-order valence-electron chi connectivity index (χ0n) is 15.8. The van der Waals surface area contributed by atoms with Crippen LogP contribution in [0, 0.1) is 5.92 Å². The normalized spacial score (nSPS) is 13.8. The highest BCUT2D eigenvalue weighted by Gasteiger charge is 2.20. The first-order valence-corrected chi connectivity index (χ1v) is 9.18. The average molecular weight is 477 g/mol. The van der Waals surface area contributed by atoms with Gasteiger partial charge >= 0.3 is 0 Å². The highest BCUT2D eigenvalue weighted by molar-refractivity contribution is 14.0. The largest absolute Gasteiger partial charge is 0.504 e. The van der Waals surface area contributed by atoms with Gasteiger partial charge in [-0.15, -0.1) is 24.0 Å². The van der Waals surface area contributed by atoms with E-state index in [9.17, 15) is 5.11 Å². The molecule has 0 atom stereocenters. The first-order valence-electron chi connectivity index (χ1n) is 9.18. The molecular weight excluding hydrogens is 445 g/mol. The predicted octanol–water partition coefficient (Wildman–Crippen LogP) is 2.93. The van der Waals surface area contributed by atoms with Crippen LogP contribution >= 0.6 is 24.0 Å². The second kappa shape index (κ2) is 13.0. The standard InChI is InChI=1S/C19H31N3O3.HI/c1-3-20-19(21-10-4-12-25-14-16-5-6-16)22-11-9-15-7-8-17(23)18(13-15)24-2;/h7-8,13,16,23H,3-6,9-12,14H2,1-2H3,(H2,20,21,22);1H. The number of phenols is 1. The minimum Gasteiger partial charge on any atom is -0.504 e. The summed E-state index contributed by atoms with van der Waals surface area (Å²) in [5, 5.41) is 16.2. The quantitative estimate of drug-likeness (QED) is 0.198. The number of hydrogen-bond donors (Lipinski definition) is 3. The van der Waals surface area contributed by atoms with Gasteiger partial charge < -0.3 is 25.2 Å². The molecule has 1 aromatic rings. The Balaban J connectivity index is 0.00000338. The zero-order chi connectivity index (χ0) is 17.9. The molecule has 0 unspecified atom stereocenters. The van der Waals surface area contributed by atoms with E-state index < -0.39 is 0 Å². The van der Waals surface area contributed by atoms with Gasteiger partial charge in [-0.25, -0.2) is 0 Å². The molecule has 0 spiro atoms. The lowest BCUT2D eigenvalue weighted by Crippen LogP contribution is -2.38. The van der Waals surface area contributed by atoms with Gasteiger partial charge in [0.15, 0.2) is 17.5 Å². The number of guanidine groups is 1. The Morgan fingerprint density at radius 3 is 2.81 bits per heavy atom. The highest BCUT2D eigenvalue weighted by atomic mass is 127. The number of nitrogens with one attached hydrogen (secondary N) is 2. The fourth-order valence-electron chi connectivity index (χ4n) is 2.44. The minimum atomic E-state index is 0. The Kier molecular flexibility index (Phi) is 11.4. The third kappa shape index (κ3) is 8.93. The number of benzene rings is 1. The Hall–Kier alpha value is -1.22. The first-order chi connectivity index (χ1) is 12.2. The number of nitrogens with zero attached hydrogens (tertiary/aromatic N) is 1. The van der Waals surface area contributed by atoms with Crippen LogP contribution in [0.4, 0.5) is 0 Å². The van der Waals surface area contributed by atoms with E-state index in [2.05, 4.69) is 22.5 Å². The molecule has 148 valence electrons. The fraction of sp³-hybridized carbons (Fsp3) is 0.632. The summed E-state index contributed by atoms with van der Waals surface area (Å²) in [7, 11) is 1.56. The highest BCUT2D eigenvalue weighted by Crippen LogP contribution is 2.28. The van der Waals surface area contributed by atoms with E-state index in [1.54, 1.807) is 13.2 Å². The summed E-state index contributed by atoms with van der Waals surface area (Å²) in [6, 6.07) is 5.42. The van der Waals surface area contributed by atoms with Gasteiger partial charge in [-0.1, -0.05) is 6.07 Å². The van der Waals surface area contributed by atoms with Crippen molar-refractivity contribution in [1.29, 1.82) is 0 Å². The third-order valence-electron chi connectivity index (χ3n) is 4.06. The molecule has 7 heteroatoms. The summed E-state index contributed by atoms with van der Waals surface area (Å²) in [4.78, 5) is 4.57. The van der Waals surface area contributed by atoms with Gasteiger partial charge in [0, 0.05) is 32.8 Å². The predicted molar refractivity (Wildman–Crippen MR) is 116 cm³/mol. The molecule has 1 saturated carbocycles. The fourth-order valence-corrected chi connectivity index (χ4v) is 2.44. The number of ether oxygens (including phenoxy) is 2. The number of rotatable bonds is 11. The maximum atomic E-state index is 9.63. The average Bonchev–Trinajstić information content (AvgIpc) is 3.43. The Morgan fingerprint density at radius 1 is 1.31 bits per heavy atom. The Bertz CT molecular complexity index is 551. The molecule has 0 saturated heterocycles. The summed E-state index contributed by atoms with van der Waals surface area (Å²) < 4.78 is 10.8. The molecule has 0 bridgehead atoms. The van der Waals surface area contributed by atoms with E-state index in [0.29, 0.717) is 5.75 Å². The van der Waals surface area contributed by atoms with Crippen molar-refractivity contribution < 1.29 is 14.6 Å². The molecule has 1 aromatic carbocycles. The van der Waals surface area contributed by atoms with Gasteiger partial charge in [-0.05, 0) is 56.2 Å². The molecular formula is C19H32IN3O3. The lowest BCUT2D eigenvalue weighted by atomic mass is 10.1. The van der Waals surface area contributed by atoms with Crippen LogP contribution in [0.3, 0.4) is 0 Å². The number of phenolic OH excluding ortho intramolecular Hbond substituents is 1. The Labute approximate surface area is 173 Å². The molecule has 2 rings (SSSR count). The molecule has 6 nitrogen and oxygen atoms in total. The lowest BCUT2D eigenvalue weighted by molar-refractivity contribution is 0.123. The van der Waals surface area contributed by atoms with Crippen molar-refractivity contribution in [1.82, 2.24) is 10.6 Å². The van der Waals surface area contributed by atoms with E-state index in [0.717, 1.165) is 63.1 Å². The number of methoxy groups -OCH3 is 1. The van der Waals surface area contributed by atoms with Crippen molar-refractivity contribution in [3.05, 3.63) is 23.8 Å². The monoisotopic (exact) mass is 477 g/mol. The Morgan fingerprint density at radius 2 is 2.12 bits per heavy atom. The third-order valence-corrected chi connectivity index (χ3v) is 4.06. The smallest absolute Gasteiger partial charge is 0.191 e. The molecule has 0 heterocycles. The van der Waals surface area contributed by atoms with Gasteiger partial charge in [-0.3, -0.25) is 4.99 Å². The van der Waals surface area contributed by atoms with Crippen molar-refractivity contribution in [3.8, 4) is 11.5 Å². The maximum absolute atomic E-state index is 9.63. The molecule has 0 aromatic heterocycles. The number of aromatic hydroxyl groups is 1. The zero-order valence-corrected chi connectivity index (χ0v) is 18.1. The van der Waals surface area contributed by atoms with Crippen LogP contribution in [0.25, 0.3) is 0 Å². The van der Waals surface area contributed by atoms with Crippen molar-refractivity contribution in [3.63, 3.8) is 0 Å². The summed E-state index contributed by atoms with van der Waals surface area (Å²) >= 11 is 0. The topological polar surface area (TPSA) is 75.1 Å². The van der Waals surface area contributed by atoms with Crippen LogP contribution in [0.1, 0.15) is 31.7 Å². The lowest BCUT2D eigenvalue weighted by Gasteiger charge is -2.12. The van der Waals surface area contributed by atoms with E-state index >= 15 is 0 Å². The summed E-state index contributed by atoms with van der Waals surface area (Å²) in [5.41, 5.74) is 1.10. The molecule has 1 aliphatic carbocycles. The molecule has 0 aliphatic heterocycles. The second-order valence-corrected chi connectivity index (χ2v) is 6.32. The van der Waals surface area contributed by atoms with Crippen molar-refractivity contribution in [2.24, 2.45) is 10.9 Å². The van der Waals surface area contributed by atoms with Gasteiger partial charge in [0.1, 0.15) is 0 Å². The minimum absolute atomic E-state index is 0. The van der Waals surface area contributed by atoms with Crippen LogP contribution in [0.2, 0.25) is 0 Å². The van der Waals surface area contributed by atoms with Crippen molar-refractivity contribution in [2.75, 3.05) is 40.0 Å². The summed E-state index contributed by atoms with van der Waals surface area (Å²) in [5.74, 6) is 2.32. The van der Waals surface area contributed by atoms with E-state index in [1.165, 1.54) is 12.8 Å². The van der Waals surface area contributed by atoms with Crippen LogP contribution < -0.4 is 15.4 Å². The molecule has 3 N–H and O–H groups in total. The second-order valence-electron chi connectivity index (χ2n) is 6.32.